The van der Waals surface area contributed by atoms with Crippen LogP contribution in [0.5, 0.6) is 17.2 Å². The minimum Gasteiger partial charge on any atom is -0.480 e. The molecule has 1 atom stereocenters. The molecule has 0 saturated carbocycles. The number of nitrogens with two attached hydrogens (primary N) is 1. The molecule has 0 aliphatic carbocycles. The molecule has 9 heteroatoms. The molecule has 2 N–H and O–H groups in total. The van der Waals surface area contributed by atoms with Crippen LogP contribution in [-0.4, -0.2) is 12.6 Å². The Hall–Kier alpha value is -3.60. The van der Waals surface area contributed by atoms with Crippen LogP contribution in [0.15, 0.2) is 70.7 Å². The third-order valence-corrected chi connectivity index (χ3v) is 5.02. The van der Waals surface area contributed by atoms with E-state index in [1.165, 1.54) is 18.4 Å². The van der Waals surface area contributed by atoms with E-state index in [2.05, 4.69) is 6.07 Å². The fraction of sp³-hybridized carbons (Fsp3) is 0.0909. The Balaban J connectivity index is 1.51. The molecule has 1 unspecified atom stereocenters. The van der Waals surface area contributed by atoms with Gasteiger partial charge >= 0.3 is 5.97 Å². The number of halogens is 2. The molecule has 31 heavy (non-hydrogen) atoms. The van der Waals surface area contributed by atoms with E-state index >= 15 is 0 Å². The smallest absolute Gasteiger partial charge is 0.349 e. The van der Waals surface area contributed by atoms with Gasteiger partial charge in [-0.05, 0) is 36.4 Å². The maximum absolute atomic E-state index is 12.2. The highest BCUT2D eigenvalue weighted by molar-refractivity contribution is 6.35. The van der Waals surface area contributed by atoms with Crippen LogP contribution in [0.2, 0.25) is 10.0 Å². The second-order valence-corrected chi connectivity index (χ2v) is 7.32. The topological polar surface area (TPSA) is 108 Å². The second-order valence-electron chi connectivity index (χ2n) is 6.48. The summed E-state index contributed by atoms with van der Waals surface area (Å²) >= 11 is 11.9. The lowest BCUT2D eigenvalue weighted by molar-refractivity contribution is -0.136. The first-order chi connectivity index (χ1) is 15.0. The zero-order valence-corrected chi connectivity index (χ0v) is 17.3. The van der Waals surface area contributed by atoms with Gasteiger partial charge in [-0.25, -0.2) is 4.79 Å². The van der Waals surface area contributed by atoms with Crippen LogP contribution < -0.4 is 19.9 Å². The monoisotopic (exact) mass is 456 g/mol. The molecular formula is C22H14Cl2N2O5. The third-order valence-electron chi connectivity index (χ3n) is 4.49. The van der Waals surface area contributed by atoms with Crippen molar-refractivity contribution in [2.45, 2.75) is 5.92 Å². The average molecular weight is 457 g/mol. The number of fused-ring (bicyclic) bond motifs is 1. The number of nitriles is 1. The summed E-state index contributed by atoms with van der Waals surface area (Å²) in [6, 6.07) is 15.0. The fourth-order valence-electron chi connectivity index (χ4n) is 3.14. The Morgan fingerprint density at radius 2 is 2.03 bits per heavy atom. The molecular weight excluding hydrogens is 443 g/mol. The molecule has 7 nitrogen and oxygen atoms in total. The van der Waals surface area contributed by atoms with Gasteiger partial charge < -0.3 is 24.4 Å². The molecule has 0 bridgehead atoms. The Morgan fingerprint density at radius 3 is 2.74 bits per heavy atom. The van der Waals surface area contributed by atoms with Crippen LogP contribution in [0.1, 0.15) is 17.2 Å². The number of nitrogens with zero attached hydrogens (tertiary/aromatic N) is 1. The number of carbonyl (C=O) groups excluding carboxylic acids is 1. The van der Waals surface area contributed by atoms with Crippen molar-refractivity contribution < 1.29 is 23.4 Å². The summed E-state index contributed by atoms with van der Waals surface area (Å²) in [6.45, 7) is -0.366. The predicted molar refractivity (Wildman–Crippen MR) is 112 cm³/mol. The normalized spacial score (nSPS) is 14.9. The Bertz CT molecular complexity index is 1220. The number of benzene rings is 2. The summed E-state index contributed by atoms with van der Waals surface area (Å²) in [5.74, 6) is 0.211. The Morgan fingerprint density at radius 1 is 1.19 bits per heavy atom. The van der Waals surface area contributed by atoms with Crippen molar-refractivity contribution in [1.29, 1.82) is 5.26 Å². The lowest BCUT2D eigenvalue weighted by Crippen LogP contribution is -2.21. The van der Waals surface area contributed by atoms with E-state index in [1.807, 2.05) is 0 Å². The predicted octanol–water partition coefficient (Wildman–Crippen LogP) is 4.79. The van der Waals surface area contributed by atoms with Crippen LogP contribution in [0.4, 0.5) is 0 Å². The van der Waals surface area contributed by atoms with Crippen molar-refractivity contribution in [3.63, 3.8) is 0 Å². The van der Waals surface area contributed by atoms with Gasteiger partial charge in [0, 0.05) is 16.7 Å². The molecule has 0 spiro atoms. The highest BCUT2D eigenvalue weighted by Crippen LogP contribution is 2.43. The maximum atomic E-state index is 12.2. The second kappa shape index (κ2) is 8.64. The fourth-order valence-corrected chi connectivity index (χ4v) is 3.60. The van der Waals surface area contributed by atoms with Crippen molar-refractivity contribution in [1.82, 2.24) is 0 Å². The van der Waals surface area contributed by atoms with Crippen LogP contribution in [0.25, 0.3) is 0 Å². The molecule has 0 amide bonds. The molecule has 1 aromatic heterocycles. The summed E-state index contributed by atoms with van der Waals surface area (Å²) < 4.78 is 21.8. The minimum atomic E-state index is -0.648. The zero-order chi connectivity index (χ0) is 22.0. The van der Waals surface area contributed by atoms with Crippen LogP contribution in [-0.2, 0) is 4.79 Å². The molecule has 2 aromatic carbocycles. The van der Waals surface area contributed by atoms with Crippen LogP contribution in [0, 0.1) is 11.3 Å². The maximum Gasteiger partial charge on any atom is 0.349 e. The van der Waals surface area contributed by atoms with Gasteiger partial charge in [0.05, 0.1) is 17.2 Å². The summed E-state index contributed by atoms with van der Waals surface area (Å²) in [6.07, 6.45) is 1.51. The lowest BCUT2D eigenvalue weighted by Gasteiger charge is -2.25. The largest absolute Gasteiger partial charge is 0.480 e. The first-order valence-electron chi connectivity index (χ1n) is 8.99. The van der Waals surface area contributed by atoms with E-state index in [4.69, 9.17) is 47.6 Å². The first-order valence-corrected chi connectivity index (χ1v) is 9.75. The van der Waals surface area contributed by atoms with Gasteiger partial charge in [0.25, 0.3) is 0 Å². The molecule has 1 aliphatic heterocycles. The molecule has 0 fully saturated rings. The van der Waals surface area contributed by atoms with Gasteiger partial charge in [-0.3, -0.25) is 0 Å². The quantitative estimate of drug-likeness (QED) is 0.434. The molecule has 156 valence electrons. The molecule has 1 aliphatic rings. The molecule has 3 aromatic rings. The summed E-state index contributed by atoms with van der Waals surface area (Å²) in [4.78, 5) is 12.2. The standard InChI is InChI=1S/C22H14Cl2N2O5/c23-12-3-6-17(16(24)8-12)29-11-20(27)30-13-4-5-14-19(9-13)31-22(26)15(10-25)21(14)18-2-1-7-28-18/h1-9,21H,11,26H2. The number of carbonyl (C=O) groups is 1. The summed E-state index contributed by atoms with van der Waals surface area (Å²) in [5, 5.41) is 10.2. The molecule has 0 saturated heterocycles. The summed E-state index contributed by atoms with van der Waals surface area (Å²) in [5.41, 5.74) is 6.83. The Kier molecular flexibility index (Phi) is 5.76. The van der Waals surface area contributed by atoms with E-state index in [1.54, 1.807) is 36.4 Å². The highest BCUT2D eigenvalue weighted by atomic mass is 35.5. The van der Waals surface area contributed by atoms with Crippen LogP contribution in [0.3, 0.4) is 0 Å². The van der Waals surface area contributed by atoms with Gasteiger partial charge in [-0.1, -0.05) is 29.3 Å². The SMILES string of the molecule is N#CC1=C(N)Oc2cc(OC(=O)COc3ccc(Cl)cc3Cl)ccc2C1c1ccco1. The number of hydrogen-bond acceptors (Lipinski definition) is 7. The van der Waals surface area contributed by atoms with E-state index < -0.39 is 11.9 Å². The van der Waals surface area contributed by atoms with Crippen molar-refractivity contribution in [3.8, 4) is 23.3 Å². The lowest BCUT2D eigenvalue weighted by atomic mass is 9.87. The van der Waals surface area contributed by atoms with Crippen molar-refractivity contribution in [3.05, 3.63) is 87.6 Å². The number of esters is 1. The van der Waals surface area contributed by atoms with E-state index in [-0.39, 0.29) is 28.8 Å². The zero-order valence-electron chi connectivity index (χ0n) is 15.8. The number of furan rings is 1. The summed E-state index contributed by atoms with van der Waals surface area (Å²) in [7, 11) is 0. The van der Waals surface area contributed by atoms with Crippen LogP contribution >= 0.6 is 23.2 Å². The van der Waals surface area contributed by atoms with Gasteiger partial charge in [-0.2, -0.15) is 5.26 Å². The van der Waals surface area contributed by atoms with Crippen molar-refractivity contribution in [2.24, 2.45) is 5.73 Å². The Labute approximate surface area is 187 Å². The molecule has 4 rings (SSSR count). The van der Waals surface area contributed by atoms with Crippen molar-refractivity contribution >= 4 is 29.2 Å². The number of rotatable bonds is 5. The number of allylic oxidation sites excluding steroid dienone is 1. The minimum absolute atomic E-state index is 0.0411. The van der Waals surface area contributed by atoms with E-state index in [9.17, 15) is 10.1 Å². The number of hydrogen-bond donors (Lipinski definition) is 1. The third kappa shape index (κ3) is 4.31. The van der Waals surface area contributed by atoms with E-state index in [0.717, 1.165) is 0 Å². The van der Waals surface area contributed by atoms with Gasteiger partial charge in [0.15, 0.2) is 6.61 Å². The van der Waals surface area contributed by atoms with E-state index in [0.29, 0.717) is 27.8 Å². The molecule has 2 heterocycles. The first kappa shape index (κ1) is 20.7. The van der Waals surface area contributed by atoms with Crippen molar-refractivity contribution in [2.75, 3.05) is 6.61 Å². The number of ether oxygens (including phenoxy) is 3. The molecule has 0 radical (unpaired) electrons. The highest BCUT2D eigenvalue weighted by Gasteiger charge is 2.32. The van der Waals surface area contributed by atoms with Gasteiger partial charge in [0.1, 0.15) is 34.7 Å². The van der Waals surface area contributed by atoms with Gasteiger partial charge in [-0.15, -0.1) is 0 Å². The average Bonchev–Trinajstić information content (AvgIpc) is 3.26. The van der Waals surface area contributed by atoms with Gasteiger partial charge in [0.2, 0.25) is 5.88 Å².